The Labute approximate surface area is 292 Å². The number of rotatable bonds is 17. The molecule has 270 valence electrons. The predicted octanol–water partition coefficient (Wildman–Crippen LogP) is 6.40. The number of benzene rings is 4. The SMILES string of the molecule is COc1cc(CC[C@@H](Cc2cc(OC)c(O)c(OC)c2)[C@H](Cc2cc(OC)c(O)c(OC)c2)c2cc(OC)c(O)c(OC)c2)cc(OC)c1O. The first kappa shape index (κ1) is 37.3. The number of phenols is 4. The molecular weight excluding hydrogens is 648 g/mol. The molecule has 0 heterocycles. The lowest BCUT2D eigenvalue weighted by Gasteiger charge is -2.30. The van der Waals surface area contributed by atoms with Gasteiger partial charge in [-0.15, -0.1) is 0 Å². The van der Waals surface area contributed by atoms with Gasteiger partial charge in [0.05, 0.1) is 56.9 Å². The highest BCUT2D eigenvalue weighted by molar-refractivity contribution is 5.57. The van der Waals surface area contributed by atoms with Gasteiger partial charge in [-0.3, -0.25) is 0 Å². The normalized spacial score (nSPS) is 12.1. The molecular formula is C38H46O12. The summed E-state index contributed by atoms with van der Waals surface area (Å²) in [7, 11) is 11.8. The van der Waals surface area contributed by atoms with E-state index in [4.69, 9.17) is 37.9 Å². The van der Waals surface area contributed by atoms with Gasteiger partial charge in [0, 0.05) is 0 Å². The molecule has 0 saturated heterocycles. The summed E-state index contributed by atoms with van der Waals surface area (Å²) in [4.78, 5) is 0. The first-order valence-corrected chi connectivity index (χ1v) is 15.8. The van der Waals surface area contributed by atoms with Crippen LogP contribution in [0.5, 0.6) is 69.0 Å². The molecule has 0 aliphatic heterocycles. The summed E-state index contributed by atoms with van der Waals surface area (Å²) in [5.74, 6) is 1.25. The fourth-order valence-corrected chi connectivity index (χ4v) is 6.26. The minimum Gasteiger partial charge on any atom is -0.502 e. The Morgan fingerprint density at radius 1 is 0.400 bits per heavy atom. The fourth-order valence-electron chi connectivity index (χ4n) is 6.26. The lowest BCUT2D eigenvalue weighted by molar-refractivity contribution is 0.331. The van der Waals surface area contributed by atoms with Crippen LogP contribution in [0.25, 0.3) is 0 Å². The zero-order valence-electron chi connectivity index (χ0n) is 29.7. The zero-order chi connectivity index (χ0) is 36.5. The maximum atomic E-state index is 10.8. The Balaban J connectivity index is 1.93. The molecule has 12 nitrogen and oxygen atoms in total. The second-order valence-corrected chi connectivity index (χ2v) is 11.6. The van der Waals surface area contributed by atoms with Crippen LogP contribution < -0.4 is 37.9 Å². The van der Waals surface area contributed by atoms with E-state index >= 15 is 0 Å². The Hall–Kier alpha value is -5.52. The third-order valence-electron chi connectivity index (χ3n) is 8.88. The van der Waals surface area contributed by atoms with E-state index in [2.05, 4.69) is 0 Å². The Bertz CT molecular complexity index is 1670. The summed E-state index contributed by atoms with van der Waals surface area (Å²) in [6, 6.07) is 14.2. The summed E-state index contributed by atoms with van der Waals surface area (Å²) in [6.07, 6.45) is 2.07. The summed E-state index contributed by atoms with van der Waals surface area (Å²) in [6.45, 7) is 0. The van der Waals surface area contributed by atoms with E-state index in [0.717, 1.165) is 22.3 Å². The third kappa shape index (κ3) is 8.02. The molecule has 4 aromatic carbocycles. The third-order valence-corrected chi connectivity index (χ3v) is 8.88. The predicted molar refractivity (Wildman–Crippen MR) is 187 cm³/mol. The maximum absolute atomic E-state index is 10.8. The first-order chi connectivity index (χ1) is 24.0. The van der Waals surface area contributed by atoms with Crippen molar-refractivity contribution in [2.75, 3.05) is 56.9 Å². The summed E-state index contributed by atoms with van der Waals surface area (Å²) < 4.78 is 43.9. The van der Waals surface area contributed by atoms with Crippen LogP contribution in [-0.4, -0.2) is 77.3 Å². The number of hydrogen-bond donors (Lipinski definition) is 4. The van der Waals surface area contributed by atoms with E-state index in [0.29, 0.717) is 25.7 Å². The standard InChI is InChI=1S/C38H46O12/c1-43-27-13-21(14-28(44-2)35(27)39)9-10-24(11-22-15-29(45-3)36(40)30(16-22)46-4)26(25-19-33(49-7)38(42)34(20-25)50-8)12-23-17-31(47-5)37(41)32(18-23)48-6/h13-20,24,26,39-42H,9-12H2,1-8H3/t24-,26-/m0/s1. The number of hydrogen-bond acceptors (Lipinski definition) is 12. The van der Waals surface area contributed by atoms with Gasteiger partial charge in [-0.1, -0.05) is 0 Å². The van der Waals surface area contributed by atoms with Crippen molar-refractivity contribution in [1.82, 2.24) is 0 Å². The lowest BCUT2D eigenvalue weighted by Crippen LogP contribution is -2.20. The highest BCUT2D eigenvalue weighted by Gasteiger charge is 2.29. The fraction of sp³-hybridized carbons (Fsp3) is 0.368. The highest BCUT2D eigenvalue weighted by atomic mass is 16.5. The monoisotopic (exact) mass is 694 g/mol. The Morgan fingerprint density at radius 3 is 1.00 bits per heavy atom. The van der Waals surface area contributed by atoms with Gasteiger partial charge in [-0.25, -0.2) is 0 Å². The van der Waals surface area contributed by atoms with E-state index in [1.54, 1.807) is 48.5 Å². The van der Waals surface area contributed by atoms with Gasteiger partial charge in [0.25, 0.3) is 0 Å². The molecule has 0 fully saturated rings. The van der Waals surface area contributed by atoms with Crippen LogP contribution in [0, 0.1) is 5.92 Å². The minimum atomic E-state index is -0.274. The second kappa shape index (κ2) is 16.7. The molecule has 0 amide bonds. The number of aryl methyl sites for hydroxylation is 1. The molecule has 0 bridgehead atoms. The van der Waals surface area contributed by atoms with Crippen LogP contribution >= 0.6 is 0 Å². The zero-order valence-corrected chi connectivity index (χ0v) is 29.7. The molecule has 0 saturated carbocycles. The quantitative estimate of drug-likeness (QED) is 0.0968. The van der Waals surface area contributed by atoms with Crippen molar-refractivity contribution in [1.29, 1.82) is 0 Å². The minimum absolute atomic E-state index is 0.0880. The number of ether oxygens (including phenoxy) is 8. The van der Waals surface area contributed by atoms with Gasteiger partial charge in [0.2, 0.25) is 23.0 Å². The Kier molecular flexibility index (Phi) is 12.5. The maximum Gasteiger partial charge on any atom is 0.200 e. The van der Waals surface area contributed by atoms with E-state index in [9.17, 15) is 20.4 Å². The summed E-state index contributed by atoms with van der Waals surface area (Å²) >= 11 is 0. The van der Waals surface area contributed by atoms with Crippen molar-refractivity contribution in [3.8, 4) is 69.0 Å². The van der Waals surface area contributed by atoms with Crippen molar-refractivity contribution in [3.63, 3.8) is 0 Å². The topological polar surface area (TPSA) is 155 Å². The van der Waals surface area contributed by atoms with Crippen LogP contribution in [-0.2, 0) is 19.3 Å². The van der Waals surface area contributed by atoms with E-state index in [1.807, 2.05) is 0 Å². The van der Waals surface area contributed by atoms with Crippen molar-refractivity contribution in [3.05, 3.63) is 70.8 Å². The average Bonchev–Trinajstić information content (AvgIpc) is 3.13. The van der Waals surface area contributed by atoms with Crippen molar-refractivity contribution >= 4 is 0 Å². The van der Waals surface area contributed by atoms with Crippen molar-refractivity contribution in [2.24, 2.45) is 5.92 Å². The molecule has 0 spiro atoms. The van der Waals surface area contributed by atoms with Crippen LogP contribution in [0.1, 0.15) is 34.6 Å². The number of methoxy groups -OCH3 is 8. The average molecular weight is 695 g/mol. The Morgan fingerprint density at radius 2 is 0.680 bits per heavy atom. The number of aromatic hydroxyl groups is 4. The molecule has 0 aliphatic carbocycles. The van der Waals surface area contributed by atoms with E-state index < -0.39 is 0 Å². The molecule has 0 unspecified atom stereocenters. The molecule has 0 aliphatic rings. The summed E-state index contributed by atoms with van der Waals surface area (Å²) in [5, 5.41) is 42.7. The number of phenolic OH excluding ortho intramolecular Hbond substituents is 4. The smallest absolute Gasteiger partial charge is 0.200 e. The molecule has 4 N–H and O–H groups in total. The lowest BCUT2D eigenvalue weighted by atomic mass is 9.75. The highest BCUT2D eigenvalue weighted by Crippen LogP contribution is 2.46. The molecule has 2 atom stereocenters. The molecule has 50 heavy (non-hydrogen) atoms. The van der Waals surface area contributed by atoms with Crippen LogP contribution in [0.15, 0.2) is 48.5 Å². The molecule has 0 radical (unpaired) electrons. The molecule has 4 rings (SSSR count). The molecule has 4 aromatic rings. The van der Waals surface area contributed by atoms with Gasteiger partial charge in [0.1, 0.15) is 0 Å². The molecule has 0 aromatic heterocycles. The van der Waals surface area contributed by atoms with Gasteiger partial charge >= 0.3 is 0 Å². The van der Waals surface area contributed by atoms with Crippen molar-refractivity contribution in [2.45, 2.75) is 31.6 Å². The second-order valence-electron chi connectivity index (χ2n) is 11.6. The van der Waals surface area contributed by atoms with Gasteiger partial charge in [-0.05, 0) is 108 Å². The molecule has 12 heteroatoms. The first-order valence-electron chi connectivity index (χ1n) is 15.8. The summed E-state index contributed by atoms with van der Waals surface area (Å²) in [5.41, 5.74) is 3.33. The van der Waals surface area contributed by atoms with Crippen LogP contribution in [0.2, 0.25) is 0 Å². The largest absolute Gasteiger partial charge is 0.502 e. The van der Waals surface area contributed by atoms with Gasteiger partial charge in [0.15, 0.2) is 46.0 Å². The van der Waals surface area contributed by atoms with E-state index in [1.165, 1.54) is 56.9 Å². The van der Waals surface area contributed by atoms with E-state index in [-0.39, 0.29) is 80.8 Å². The van der Waals surface area contributed by atoms with Gasteiger partial charge < -0.3 is 58.3 Å². The van der Waals surface area contributed by atoms with Crippen molar-refractivity contribution < 1.29 is 58.3 Å². The van der Waals surface area contributed by atoms with Crippen LogP contribution in [0.3, 0.4) is 0 Å². The van der Waals surface area contributed by atoms with Gasteiger partial charge in [-0.2, -0.15) is 0 Å². The van der Waals surface area contributed by atoms with Crippen LogP contribution in [0.4, 0.5) is 0 Å².